The van der Waals surface area contributed by atoms with Crippen molar-refractivity contribution in [2.75, 3.05) is 10.6 Å². The Morgan fingerprint density at radius 1 is 1.09 bits per heavy atom. The summed E-state index contributed by atoms with van der Waals surface area (Å²) in [7, 11) is 1.85. The molecule has 0 spiro atoms. The molecule has 2 aromatic heterocycles. The van der Waals surface area contributed by atoms with Crippen molar-refractivity contribution in [1.29, 1.82) is 0 Å². The van der Waals surface area contributed by atoms with Crippen molar-refractivity contribution >= 4 is 35.0 Å². The lowest BCUT2D eigenvalue weighted by atomic mass is 10.1. The summed E-state index contributed by atoms with van der Waals surface area (Å²) < 4.78 is 17.5. The number of nitrogens with one attached hydrogen (secondary N) is 2. The van der Waals surface area contributed by atoms with Crippen molar-refractivity contribution in [3.8, 4) is 0 Å². The molecule has 0 aliphatic heterocycles. The van der Waals surface area contributed by atoms with Crippen LogP contribution in [-0.4, -0.2) is 30.9 Å². The Hall–Kier alpha value is -3.92. The van der Waals surface area contributed by atoms with Crippen LogP contribution < -0.4 is 10.6 Å². The number of benzene rings is 2. The summed E-state index contributed by atoms with van der Waals surface area (Å²) in [4.78, 5) is 34.0. The van der Waals surface area contributed by atoms with Gasteiger partial charge in [-0.25, -0.2) is 14.4 Å². The molecular formula is C23H21FN6O2S. The zero-order valence-electron chi connectivity index (χ0n) is 17.7. The molecule has 0 saturated carbocycles. The van der Waals surface area contributed by atoms with E-state index in [1.54, 1.807) is 61.4 Å². The molecule has 8 nitrogen and oxygen atoms in total. The van der Waals surface area contributed by atoms with Gasteiger partial charge in [-0.2, -0.15) is 0 Å². The number of carbonyl (C=O) groups is 2. The lowest BCUT2D eigenvalue weighted by Crippen LogP contribution is -2.16. The number of rotatable bonds is 8. The van der Waals surface area contributed by atoms with Crippen molar-refractivity contribution in [3.63, 3.8) is 0 Å². The van der Waals surface area contributed by atoms with E-state index >= 15 is 0 Å². The van der Waals surface area contributed by atoms with Crippen molar-refractivity contribution in [2.24, 2.45) is 7.05 Å². The molecule has 33 heavy (non-hydrogen) atoms. The maximum atomic E-state index is 13.9. The summed E-state index contributed by atoms with van der Waals surface area (Å²) in [6, 6.07) is 10.8. The highest BCUT2D eigenvalue weighted by Gasteiger charge is 2.14. The van der Waals surface area contributed by atoms with Gasteiger partial charge < -0.3 is 19.8 Å². The van der Waals surface area contributed by atoms with Crippen LogP contribution in [0, 0.1) is 5.82 Å². The number of carbonyl (C=O) groups excluding carboxylic acids is 2. The van der Waals surface area contributed by atoms with Gasteiger partial charge in [-0.15, -0.1) is 0 Å². The number of aromatic nitrogens is 4. The van der Waals surface area contributed by atoms with E-state index in [0.29, 0.717) is 33.5 Å². The van der Waals surface area contributed by atoms with Gasteiger partial charge in [0.25, 0.3) is 5.91 Å². The fourth-order valence-corrected chi connectivity index (χ4v) is 3.91. The minimum atomic E-state index is -0.464. The molecule has 0 unspecified atom stereocenters. The van der Waals surface area contributed by atoms with Crippen LogP contribution in [-0.2, 0) is 18.4 Å². The zero-order chi connectivity index (χ0) is 23.2. The predicted molar refractivity (Wildman–Crippen MR) is 124 cm³/mol. The van der Waals surface area contributed by atoms with Crippen molar-refractivity contribution < 1.29 is 14.0 Å². The number of aryl methyl sites for hydroxylation is 2. The Kier molecular flexibility index (Phi) is 6.84. The molecule has 2 N–H and O–H groups in total. The van der Waals surface area contributed by atoms with E-state index in [0.717, 1.165) is 0 Å². The topological polar surface area (TPSA) is 93.8 Å². The number of imidazole rings is 2. The third-order valence-electron chi connectivity index (χ3n) is 4.73. The van der Waals surface area contributed by atoms with E-state index < -0.39 is 11.7 Å². The van der Waals surface area contributed by atoms with E-state index in [-0.39, 0.29) is 12.3 Å². The molecule has 2 heterocycles. The Morgan fingerprint density at radius 3 is 2.73 bits per heavy atom. The van der Waals surface area contributed by atoms with Crippen LogP contribution >= 0.6 is 11.8 Å². The average molecular weight is 465 g/mol. The van der Waals surface area contributed by atoms with Gasteiger partial charge in [-0.3, -0.25) is 9.59 Å². The van der Waals surface area contributed by atoms with E-state index in [4.69, 9.17) is 0 Å². The highest BCUT2D eigenvalue weighted by Crippen LogP contribution is 2.33. The molecule has 0 bridgehead atoms. The van der Waals surface area contributed by atoms with Crippen LogP contribution in [0.25, 0.3) is 0 Å². The number of nitrogens with zero attached hydrogens (tertiary/aromatic N) is 4. The Morgan fingerprint density at radius 2 is 1.97 bits per heavy atom. The standard InChI is InChI=1S/C23H21FN6O2S/c1-29-11-9-26-23(29)33-20-6-5-17(24)14-19(20)28-22(32)16-3-2-4-18(13-16)27-21(31)7-10-30-12-8-25-15-30/h2-6,8-9,11-15H,7,10H2,1H3,(H,27,31)(H,28,32). The Balaban J connectivity index is 1.44. The van der Waals surface area contributed by atoms with Crippen LogP contribution in [0.15, 0.2) is 83.6 Å². The molecule has 0 aliphatic rings. The second kappa shape index (κ2) is 10.1. The number of hydrogen-bond acceptors (Lipinski definition) is 5. The summed E-state index contributed by atoms with van der Waals surface area (Å²) in [6.45, 7) is 0.502. The third kappa shape index (κ3) is 5.86. The smallest absolute Gasteiger partial charge is 0.255 e. The van der Waals surface area contributed by atoms with E-state index in [2.05, 4.69) is 20.6 Å². The molecule has 0 aliphatic carbocycles. The SMILES string of the molecule is Cn1ccnc1Sc1ccc(F)cc1NC(=O)c1cccc(NC(=O)CCn2ccnc2)c1. The third-order valence-corrected chi connectivity index (χ3v) is 5.88. The van der Waals surface area contributed by atoms with Crippen LogP contribution in [0.5, 0.6) is 0 Å². The lowest BCUT2D eigenvalue weighted by molar-refractivity contribution is -0.116. The van der Waals surface area contributed by atoms with Gasteiger partial charge in [0, 0.05) is 60.9 Å². The van der Waals surface area contributed by atoms with Gasteiger partial charge in [0.2, 0.25) is 5.91 Å². The van der Waals surface area contributed by atoms with E-state index in [1.165, 1.54) is 23.9 Å². The Bertz CT molecular complexity index is 1270. The summed E-state index contributed by atoms with van der Waals surface area (Å²) in [6.07, 6.45) is 8.82. The van der Waals surface area contributed by atoms with Crippen molar-refractivity contribution in [3.05, 3.63) is 85.0 Å². The normalized spacial score (nSPS) is 10.7. The summed E-state index contributed by atoms with van der Waals surface area (Å²) in [5.74, 6) is -1.06. The maximum Gasteiger partial charge on any atom is 0.255 e. The van der Waals surface area contributed by atoms with E-state index in [1.807, 2.05) is 16.2 Å². The molecule has 10 heteroatoms. The van der Waals surface area contributed by atoms with Gasteiger partial charge in [0.1, 0.15) is 5.82 Å². The molecule has 4 rings (SSSR count). The Labute approximate surface area is 193 Å². The highest BCUT2D eigenvalue weighted by molar-refractivity contribution is 7.99. The van der Waals surface area contributed by atoms with Crippen molar-refractivity contribution in [2.45, 2.75) is 23.0 Å². The maximum absolute atomic E-state index is 13.9. The second-order valence-electron chi connectivity index (χ2n) is 7.20. The van der Waals surface area contributed by atoms with Gasteiger partial charge >= 0.3 is 0 Å². The summed E-state index contributed by atoms with van der Waals surface area (Å²) in [5.41, 5.74) is 1.17. The van der Waals surface area contributed by atoms with Crippen LogP contribution in [0.3, 0.4) is 0 Å². The fraction of sp³-hybridized carbons (Fsp3) is 0.130. The highest BCUT2D eigenvalue weighted by atomic mass is 32.2. The first-order chi connectivity index (χ1) is 16.0. The average Bonchev–Trinajstić information content (AvgIpc) is 3.46. The van der Waals surface area contributed by atoms with Crippen LogP contribution in [0.1, 0.15) is 16.8 Å². The lowest BCUT2D eigenvalue weighted by Gasteiger charge is -2.12. The van der Waals surface area contributed by atoms with Crippen LogP contribution in [0.4, 0.5) is 15.8 Å². The van der Waals surface area contributed by atoms with Crippen molar-refractivity contribution in [1.82, 2.24) is 19.1 Å². The summed E-state index contributed by atoms with van der Waals surface area (Å²) in [5, 5.41) is 6.26. The molecule has 4 aromatic rings. The molecule has 2 aromatic carbocycles. The van der Waals surface area contributed by atoms with Gasteiger partial charge in [0.15, 0.2) is 5.16 Å². The molecular weight excluding hydrogens is 443 g/mol. The number of anilines is 2. The summed E-state index contributed by atoms with van der Waals surface area (Å²) >= 11 is 1.32. The molecule has 168 valence electrons. The molecule has 0 radical (unpaired) electrons. The van der Waals surface area contributed by atoms with Crippen LogP contribution in [0.2, 0.25) is 0 Å². The quantitative estimate of drug-likeness (QED) is 0.408. The molecule has 2 amide bonds. The monoisotopic (exact) mass is 464 g/mol. The first-order valence-electron chi connectivity index (χ1n) is 10.1. The van der Waals surface area contributed by atoms with Gasteiger partial charge in [-0.1, -0.05) is 6.07 Å². The number of hydrogen-bond donors (Lipinski definition) is 2. The van der Waals surface area contributed by atoms with E-state index in [9.17, 15) is 14.0 Å². The molecule has 0 fully saturated rings. The first-order valence-corrected chi connectivity index (χ1v) is 10.9. The minimum absolute atomic E-state index is 0.180. The fourth-order valence-electron chi connectivity index (χ4n) is 3.04. The van der Waals surface area contributed by atoms with Gasteiger partial charge in [0.05, 0.1) is 12.0 Å². The van der Waals surface area contributed by atoms with Gasteiger partial charge in [-0.05, 0) is 48.2 Å². The minimum Gasteiger partial charge on any atom is -0.337 e. The molecule has 0 saturated heterocycles. The largest absolute Gasteiger partial charge is 0.337 e. The second-order valence-corrected chi connectivity index (χ2v) is 8.21. The number of amides is 2. The first kappa shape index (κ1) is 22.3. The molecule has 0 atom stereocenters. The number of halogens is 1. The predicted octanol–water partition coefficient (Wildman–Crippen LogP) is 4.19. The zero-order valence-corrected chi connectivity index (χ0v) is 18.6.